The summed E-state index contributed by atoms with van der Waals surface area (Å²) < 4.78 is 2.42. The number of allylic oxidation sites excluding steroid dienone is 3. The quantitative estimate of drug-likeness (QED) is 0.176. The number of benzene rings is 7. The van der Waals surface area contributed by atoms with E-state index in [0.29, 0.717) is 0 Å². The van der Waals surface area contributed by atoms with Gasteiger partial charge in [-0.1, -0.05) is 48.5 Å². The number of aromatic nitrogens is 1. The molecule has 0 radical (unpaired) electrons. The summed E-state index contributed by atoms with van der Waals surface area (Å²) in [6, 6.07) is 66.0. The minimum atomic E-state index is -3.45. The van der Waals surface area contributed by atoms with Gasteiger partial charge in [-0.05, 0) is 0 Å². The van der Waals surface area contributed by atoms with E-state index in [1.165, 1.54) is 0 Å². The van der Waals surface area contributed by atoms with E-state index in [-0.39, 0.29) is 5.92 Å². The first-order valence-electron chi connectivity index (χ1n) is 18.9. The molecule has 1 N–H and O–H groups in total. The van der Waals surface area contributed by atoms with Gasteiger partial charge >= 0.3 is 275 Å². The number of para-hydroxylation sites is 1. The van der Waals surface area contributed by atoms with Crippen molar-refractivity contribution in [2.75, 3.05) is 0 Å². The van der Waals surface area contributed by atoms with Crippen molar-refractivity contribution in [2.45, 2.75) is 6.92 Å². The summed E-state index contributed by atoms with van der Waals surface area (Å²) in [5.74, 6) is 0.0752. The number of aliphatic imine (C=N–C) groups is 1. The van der Waals surface area contributed by atoms with Crippen molar-refractivity contribution in [3.63, 3.8) is 0 Å². The molecule has 1 aromatic heterocycles. The molecule has 3 nitrogen and oxygen atoms in total. The summed E-state index contributed by atoms with van der Waals surface area (Å²) in [5.41, 5.74) is 13.0. The van der Waals surface area contributed by atoms with Crippen molar-refractivity contribution in [1.82, 2.24) is 4.57 Å². The van der Waals surface area contributed by atoms with Crippen LogP contribution in [0.4, 0.5) is 0 Å². The van der Waals surface area contributed by atoms with Crippen LogP contribution in [-0.2, 0) is 0 Å². The van der Waals surface area contributed by atoms with Gasteiger partial charge in [0.1, 0.15) is 0 Å². The zero-order valence-electron chi connectivity index (χ0n) is 30.5. The summed E-state index contributed by atoms with van der Waals surface area (Å²) in [5, 5.41) is 4.14. The molecular weight excluding hydrogens is 688 g/mol. The molecule has 264 valence electrons. The molecule has 0 spiro atoms. The van der Waals surface area contributed by atoms with Crippen molar-refractivity contribution in [2.24, 2.45) is 10.9 Å². The summed E-state index contributed by atoms with van der Waals surface area (Å²) in [4.78, 5) is 18.7. The first-order valence-corrected chi connectivity index (χ1v) is 20.9. The predicted molar refractivity (Wildman–Crippen MR) is 235 cm³/mol. The summed E-state index contributed by atoms with van der Waals surface area (Å²) in [7, 11) is -3.45. The van der Waals surface area contributed by atoms with E-state index < -0.39 is 7.49 Å². The van der Waals surface area contributed by atoms with Crippen LogP contribution in [0.2, 0.25) is 0 Å². The zero-order chi connectivity index (χ0) is 36.9. The summed E-state index contributed by atoms with van der Waals surface area (Å²) in [6.07, 6.45) is 4.60. The maximum atomic E-state index is 13.3. The third kappa shape index (κ3) is 5.47. The van der Waals surface area contributed by atoms with E-state index in [1.54, 1.807) is 0 Å². The Morgan fingerprint density at radius 2 is 1.15 bits per heavy atom. The van der Waals surface area contributed by atoms with Crippen molar-refractivity contribution < 1.29 is 4.89 Å². The van der Waals surface area contributed by atoms with Gasteiger partial charge in [-0.15, -0.1) is 0 Å². The molecule has 0 amide bonds. The van der Waals surface area contributed by atoms with Crippen LogP contribution in [0.5, 0.6) is 0 Å². The fourth-order valence-electron chi connectivity index (χ4n) is 8.70. The van der Waals surface area contributed by atoms with Crippen molar-refractivity contribution >= 4 is 51.3 Å². The molecule has 0 saturated heterocycles. The van der Waals surface area contributed by atoms with Gasteiger partial charge in [0, 0.05) is 0 Å². The van der Waals surface area contributed by atoms with E-state index in [9.17, 15) is 4.89 Å². The van der Waals surface area contributed by atoms with E-state index in [1.807, 2.05) is 18.2 Å². The molecule has 3 heterocycles. The smallest absolute Gasteiger partial charge is 0.0622 e. The average Bonchev–Trinajstić information content (AvgIpc) is 3.44. The summed E-state index contributed by atoms with van der Waals surface area (Å²) in [6.45, 7) is 2.24. The number of nitrogens with zero attached hydrogens (tertiary/aromatic N) is 2. The molecule has 2 aliphatic rings. The second-order valence-corrected chi connectivity index (χ2v) is 17.5. The molecule has 0 saturated carbocycles. The van der Waals surface area contributed by atoms with Crippen LogP contribution in [0.1, 0.15) is 23.6 Å². The van der Waals surface area contributed by atoms with Crippen molar-refractivity contribution in [1.29, 1.82) is 0 Å². The first-order chi connectivity index (χ1) is 27.1. The predicted octanol–water partition coefficient (Wildman–Crippen LogP) is 10.8. The second kappa shape index (κ2) is 13.5. The van der Waals surface area contributed by atoms with E-state index in [0.717, 1.165) is 88.6 Å². The van der Waals surface area contributed by atoms with E-state index in [4.69, 9.17) is 4.99 Å². The topological polar surface area (TPSA) is 37.5 Å². The van der Waals surface area contributed by atoms with Crippen LogP contribution < -0.4 is 15.9 Å². The van der Waals surface area contributed by atoms with Crippen molar-refractivity contribution in [3.8, 4) is 28.1 Å². The minimum absolute atomic E-state index is 0.0752. The number of hydrogen-bond donors (Lipinski definition) is 1. The molecule has 1 unspecified atom stereocenters. The van der Waals surface area contributed by atoms with E-state index >= 15 is 0 Å². The molecule has 1 atom stereocenters. The normalized spacial score (nSPS) is 16.3. The van der Waals surface area contributed by atoms with Gasteiger partial charge in [0.15, 0.2) is 0 Å². The summed E-state index contributed by atoms with van der Waals surface area (Å²) >= 11 is 0. The Hall–Kier alpha value is -6.38. The first kappa shape index (κ1) is 33.2. The molecule has 0 aliphatic carbocycles. The number of fused-ring (bicyclic) bond motifs is 7. The van der Waals surface area contributed by atoms with Crippen LogP contribution in [-0.4, -0.2) is 15.2 Å². The Labute approximate surface area is 322 Å². The van der Waals surface area contributed by atoms with Gasteiger partial charge < -0.3 is 0 Å². The third-order valence-corrected chi connectivity index (χ3v) is 14.8. The monoisotopic (exact) mass is 726 g/mol. The molecule has 2 aliphatic heterocycles. The van der Waals surface area contributed by atoms with Gasteiger partial charge in [0.25, 0.3) is 0 Å². The molecule has 7 aromatic carbocycles. The second-order valence-electron chi connectivity index (χ2n) is 14.5. The van der Waals surface area contributed by atoms with Gasteiger partial charge in [-0.25, -0.2) is 0 Å². The van der Waals surface area contributed by atoms with Gasteiger partial charge in [-0.3, -0.25) is 0 Å². The van der Waals surface area contributed by atoms with Crippen LogP contribution in [0.25, 0.3) is 50.2 Å². The Balaban J connectivity index is 1.22. The Kier molecular flexibility index (Phi) is 8.14. The number of hydrogen-bond acceptors (Lipinski definition) is 2. The molecule has 0 bridgehead atoms. The minimum Gasteiger partial charge on any atom is -0.0622 e. The van der Waals surface area contributed by atoms with Crippen LogP contribution in [0.15, 0.2) is 205 Å². The van der Waals surface area contributed by atoms with Crippen LogP contribution >= 0.6 is 7.49 Å². The Morgan fingerprint density at radius 3 is 1.89 bits per heavy atom. The fraction of sp³-hybridized carbons (Fsp3) is 0.0392. The number of rotatable bonds is 5. The maximum absolute atomic E-state index is 13.3. The Morgan fingerprint density at radius 1 is 0.564 bits per heavy atom. The zero-order valence-corrected chi connectivity index (χ0v) is 31.5. The molecule has 8 aromatic rings. The average molecular weight is 727 g/mol. The van der Waals surface area contributed by atoms with Gasteiger partial charge in [-0.2, -0.15) is 0 Å². The SMILES string of the molecule is CC1C=C(c2cccc(-n3c4c(c5ccccc53)-c3ccccc3[PH](O)(c3ccccc3)c3ccccc3-4)c2)C=C(c2ccccc2)N=C1c1ccccc1. The van der Waals surface area contributed by atoms with Gasteiger partial charge in [0.2, 0.25) is 0 Å². The standard InChI is InChI=1S/C51H39N2OP/c1-35-32-39(34-45(36-18-5-2-6-19-36)52-50(35)37-20-7-3-8-21-37)38-22-17-23-40(33-38)53-46-29-14-11-26-42(46)49-43-27-12-15-30-47(43)55(54,41-24-9-4-10-25-41)48-31-16-13-28-44(48)51(49)53/h2-35,54-55H,1H3. The molecular formula is C51H39N2OP. The molecule has 4 heteroatoms. The van der Waals surface area contributed by atoms with Crippen LogP contribution in [0.3, 0.4) is 0 Å². The fourth-order valence-corrected chi connectivity index (χ4v) is 12.1. The molecule has 0 fully saturated rings. The third-order valence-electron chi connectivity index (χ3n) is 11.2. The Bertz CT molecular complexity index is 2830. The molecule has 10 rings (SSSR count). The van der Waals surface area contributed by atoms with E-state index in [2.05, 4.69) is 194 Å². The van der Waals surface area contributed by atoms with Gasteiger partial charge in [0.05, 0.1) is 0 Å². The molecule has 55 heavy (non-hydrogen) atoms. The van der Waals surface area contributed by atoms with Crippen LogP contribution in [0, 0.1) is 5.92 Å². The van der Waals surface area contributed by atoms with Crippen molar-refractivity contribution in [3.05, 3.63) is 217 Å².